The van der Waals surface area contributed by atoms with Crippen molar-refractivity contribution in [3.63, 3.8) is 0 Å². The van der Waals surface area contributed by atoms with E-state index in [1.807, 2.05) is 78.9 Å². The number of anilines is 1. The van der Waals surface area contributed by atoms with Crippen LogP contribution >= 0.6 is 0 Å². The molecule has 0 aliphatic carbocycles. The lowest BCUT2D eigenvalue weighted by molar-refractivity contribution is -0.117. The maximum Gasteiger partial charge on any atom is 0.232 e. The number of benzene rings is 3. The van der Waals surface area contributed by atoms with Crippen LogP contribution in [0.3, 0.4) is 0 Å². The van der Waals surface area contributed by atoms with Gasteiger partial charge in [0.25, 0.3) is 0 Å². The minimum absolute atomic E-state index is 0.0607. The first-order chi connectivity index (χ1) is 11.8. The number of amides is 1. The molecule has 3 heteroatoms. The minimum atomic E-state index is -0.145. The molecular weight excluding hydrogens is 298 g/mol. The van der Waals surface area contributed by atoms with Gasteiger partial charge in [-0.25, -0.2) is 0 Å². The highest BCUT2D eigenvalue weighted by Crippen LogP contribution is 2.35. The summed E-state index contributed by atoms with van der Waals surface area (Å²) in [5.41, 5.74) is 3.07. The fourth-order valence-electron chi connectivity index (χ4n) is 3.07. The van der Waals surface area contributed by atoms with Crippen molar-refractivity contribution in [3.05, 3.63) is 90.0 Å². The Bertz CT molecular complexity index is 874. The molecule has 3 aromatic carbocycles. The van der Waals surface area contributed by atoms with E-state index < -0.39 is 0 Å². The number of hydrogen-bond donors (Lipinski definition) is 1. The molecule has 24 heavy (non-hydrogen) atoms. The zero-order valence-corrected chi connectivity index (χ0v) is 13.1. The second-order valence-corrected chi connectivity index (χ2v) is 5.90. The fourth-order valence-corrected chi connectivity index (χ4v) is 3.07. The summed E-state index contributed by atoms with van der Waals surface area (Å²) in [7, 11) is 0. The van der Waals surface area contributed by atoms with Crippen LogP contribution in [0.5, 0.6) is 11.5 Å². The normalized spacial score (nSPS) is 15.7. The first kappa shape index (κ1) is 14.5. The van der Waals surface area contributed by atoms with Crippen molar-refractivity contribution in [2.24, 2.45) is 0 Å². The van der Waals surface area contributed by atoms with Crippen molar-refractivity contribution in [3.8, 4) is 11.5 Å². The predicted molar refractivity (Wildman–Crippen MR) is 94.5 cm³/mol. The third-order valence-corrected chi connectivity index (χ3v) is 4.23. The van der Waals surface area contributed by atoms with Gasteiger partial charge in [-0.05, 0) is 47.9 Å². The second kappa shape index (κ2) is 6.20. The third-order valence-electron chi connectivity index (χ3n) is 4.23. The van der Waals surface area contributed by atoms with E-state index in [1.54, 1.807) is 0 Å². The highest BCUT2D eigenvalue weighted by Gasteiger charge is 2.30. The molecule has 1 amide bonds. The van der Waals surface area contributed by atoms with Gasteiger partial charge in [-0.3, -0.25) is 4.79 Å². The van der Waals surface area contributed by atoms with E-state index in [-0.39, 0.29) is 11.8 Å². The lowest BCUT2D eigenvalue weighted by Gasteiger charge is -2.11. The highest BCUT2D eigenvalue weighted by atomic mass is 16.5. The molecule has 3 nitrogen and oxygen atoms in total. The molecule has 0 radical (unpaired) electrons. The van der Waals surface area contributed by atoms with Gasteiger partial charge in [0, 0.05) is 5.69 Å². The van der Waals surface area contributed by atoms with Crippen LogP contribution in [-0.4, -0.2) is 5.91 Å². The van der Waals surface area contributed by atoms with E-state index in [9.17, 15) is 4.79 Å². The number of ether oxygens (including phenoxy) is 1. The van der Waals surface area contributed by atoms with Gasteiger partial charge in [0.05, 0.1) is 5.92 Å². The number of nitrogens with one attached hydrogen (secondary N) is 1. The molecule has 1 unspecified atom stereocenters. The Morgan fingerprint density at radius 1 is 0.833 bits per heavy atom. The standard InChI is InChI=1S/C21H17NO2/c23-21-19(18-11-4-5-12-20(18)22-21)14-15-7-6-10-17(13-15)24-16-8-2-1-3-9-16/h1-13,19H,14H2,(H,22,23). The summed E-state index contributed by atoms with van der Waals surface area (Å²) < 4.78 is 5.88. The van der Waals surface area contributed by atoms with Crippen molar-refractivity contribution in [1.82, 2.24) is 0 Å². The summed E-state index contributed by atoms with van der Waals surface area (Å²) in [5, 5.41) is 2.95. The number of carbonyl (C=O) groups is 1. The highest BCUT2D eigenvalue weighted by molar-refractivity contribution is 6.03. The van der Waals surface area contributed by atoms with E-state index in [4.69, 9.17) is 4.74 Å². The largest absolute Gasteiger partial charge is 0.457 e. The summed E-state index contributed by atoms with van der Waals surface area (Å²) in [4.78, 5) is 12.3. The van der Waals surface area contributed by atoms with Crippen LogP contribution < -0.4 is 10.1 Å². The third kappa shape index (κ3) is 2.88. The molecule has 0 saturated carbocycles. The molecule has 0 bridgehead atoms. The van der Waals surface area contributed by atoms with Gasteiger partial charge in [0.15, 0.2) is 0 Å². The van der Waals surface area contributed by atoms with E-state index in [1.165, 1.54) is 0 Å². The topological polar surface area (TPSA) is 38.3 Å². The van der Waals surface area contributed by atoms with Crippen LogP contribution in [0.2, 0.25) is 0 Å². The predicted octanol–water partition coefficient (Wildman–Crippen LogP) is 4.76. The summed E-state index contributed by atoms with van der Waals surface area (Å²) >= 11 is 0. The summed E-state index contributed by atoms with van der Waals surface area (Å²) in [5.74, 6) is 1.50. The first-order valence-corrected chi connectivity index (χ1v) is 8.01. The zero-order valence-electron chi connectivity index (χ0n) is 13.1. The molecule has 118 valence electrons. The van der Waals surface area contributed by atoms with Crippen molar-refractivity contribution >= 4 is 11.6 Å². The lowest BCUT2D eigenvalue weighted by Crippen LogP contribution is -2.14. The molecule has 1 atom stereocenters. The number of fused-ring (bicyclic) bond motifs is 1. The number of para-hydroxylation sites is 2. The van der Waals surface area contributed by atoms with Gasteiger partial charge in [0.1, 0.15) is 11.5 Å². The van der Waals surface area contributed by atoms with Crippen LogP contribution in [0.1, 0.15) is 17.0 Å². The Morgan fingerprint density at radius 2 is 1.58 bits per heavy atom. The first-order valence-electron chi connectivity index (χ1n) is 8.01. The van der Waals surface area contributed by atoms with Crippen molar-refractivity contribution < 1.29 is 9.53 Å². The SMILES string of the molecule is O=C1Nc2ccccc2C1Cc1cccc(Oc2ccccc2)c1. The molecule has 3 aromatic rings. The zero-order chi connectivity index (χ0) is 16.4. The molecule has 0 spiro atoms. The van der Waals surface area contributed by atoms with Crippen LogP contribution in [0, 0.1) is 0 Å². The van der Waals surface area contributed by atoms with E-state index in [0.29, 0.717) is 6.42 Å². The van der Waals surface area contributed by atoms with Gasteiger partial charge in [-0.15, -0.1) is 0 Å². The molecular formula is C21H17NO2. The molecule has 1 aliphatic heterocycles. The Morgan fingerprint density at radius 3 is 2.46 bits per heavy atom. The van der Waals surface area contributed by atoms with E-state index in [2.05, 4.69) is 5.32 Å². The second-order valence-electron chi connectivity index (χ2n) is 5.90. The maximum atomic E-state index is 12.3. The van der Waals surface area contributed by atoms with Crippen molar-refractivity contribution in [1.29, 1.82) is 0 Å². The van der Waals surface area contributed by atoms with Crippen LogP contribution in [0.4, 0.5) is 5.69 Å². The molecule has 1 N–H and O–H groups in total. The van der Waals surface area contributed by atoms with Gasteiger partial charge in [0.2, 0.25) is 5.91 Å². The van der Waals surface area contributed by atoms with Crippen molar-refractivity contribution in [2.45, 2.75) is 12.3 Å². The number of hydrogen-bond acceptors (Lipinski definition) is 2. The van der Waals surface area contributed by atoms with Gasteiger partial charge >= 0.3 is 0 Å². The van der Waals surface area contributed by atoms with E-state index >= 15 is 0 Å². The molecule has 4 rings (SSSR count). The van der Waals surface area contributed by atoms with Crippen LogP contribution in [0.25, 0.3) is 0 Å². The van der Waals surface area contributed by atoms with Gasteiger partial charge < -0.3 is 10.1 Å². The molecule has 1 heterocycles. The average molecular weight is 315 g/mol. The quantitative estimate of drug-likeness (QED) is 0.754. The van der Waals surface area contributed by atoms with Crippen LogP contribution in [-0.2, 0) is 11.2 Å². The minimum Gasteiger partial charge on any atom is -0.457 e. The Balaban J connectivity index is 1.55. The van der Waals surface area contributed by atoms with Gasteiger partial charge in [-0.2, -0.15) is 0 Å². The monoisotopic (exact) mass is 315 g/mol. The summed E-state index contributed by atoms with van der Waals surface area (Å²) in [6, 6.07) is 25.5. The van der Waals surface area contributed by atoms with Crippen LogP contribution in [0.15, 0.2) is 78.9 Å². The smallest absolute Gasteiger partial charge is 0.232 e. The Labute approximate surface area is 140 Å². The molecule has 1 aliphatic rings. The fraction of sp³-hybridized carbons (Fsp3) is 0.0952. The molecule has 0 aromatic heterocycles. The lowest BCUT2D eigenvalue weighted by atomic mass is 9.93. The van der Waals surface area contributed by atoms with E-state index in [0.717, 1.165) is 28.3 Å². The molecule has 0 saturated heterocycles. The average Bonchev–Trinajstić information content (AvgIpc) is 2.92. The number of rotatable bonds is 4. The molecule has 0 fully saturated rings. The number of carbonyl (C=O) groups excluding carboxylic acids is 1. The maximum absolute atomic E-state index is 12.3. The summed E-state index contributed by atoms with van der Waals surface area (Å²) in [6.07, 6.45) is 0.662. The Kier molecular flexibility index (Phi) is 3.75. The van der Waals surface area contributed by atoms with Crippen molar-refractivity contribution in [2.75, 3.05) is 5.32 Å². The summed E-state index contributed by atoms with van der Waals surface area (Å²) in [6.45, 7) is 0. The van der Waals surface area contributed by atoms with Gasteiger partial charge in [-0.1, -0.05) is 48.5 Å². The Hall–Kier alpha value is -3.07.